The lowest BCUT2D eigenvalue weighted by molar-refractivity contribution is -0.121. The molecule has 0 aliphatic rings. The first-order chi connectivity index (χ1) is 16.7. The number of thiazole rings is 1. The van der Waals surface area contributed by atoms with Gasteiger partial charge in [0.05, 0.1) is 12.1 Å². The fourth-order valence-electron chi connectivity index (χ4n) is 3.64. The smallest absolute Gasteiger partial charge is 0.249 e. The first kappa shape index (κ1) is 21.7. The molecule has 2 heterocycles. The number of hydrogen-bond acceptors (Lipinski definition) is 6. The molecular weight excluding hydrogens is 444 g/mol. The number of hydrogen-bond donors (Lipinski definition) is 1. The molecule has 1 N–H and O–H groups in total. The third-order valence-corrected chi connectivity index (χ3v) is 6.24. The third-order valence-electron chi connectivity index (χ3n) is 5.30. The fourth-order valence-corrected chi connectivity index (χ4v) is 4.47. The Labute approximate surface area is 201 Å². The highest BCUT2D eigenvalue weighted by Gasteiger charge is 2.23. The molecule has 0 aliphatic heterocycles. The van der Waals surface area contributed by atoms with Crippen molar-refractivity contribution in [3.05, 3.63) is 114 Å². The Balaban J connectivity index is 1.33. The lowest BCUT2D eigenvalue weighted by atomic mass is 10.1. The van der Waals surface area contributed by atoms with Gasteiger partial charge in [-0.1, -0.05) is 96.2 Å². The largest absolute Gasteiger partial charge is 0.344 e. The standard InChI is InChI=1S/C27H22N4O2S/c32-24(17-22-18-34-27(28-22)21-14-8-3-9-15-21)29-23(16-19-10-4-1-5-11-19)26-30-25(31-33-26)20-12-6-2-7-13-20/h1-15,18,23H,16-17H2,(H,29,32). The molecule has 0 aliphatic carbocycles. The van der Waals surface area contributed by atoms with Gasteiger partial charge in [-0.15, -0.1) is 11.3 Å². The highest BCUT2D eigenvalue weighted by atomic mass is 32.1. The number of nitrogens with zero attached hydrogens (tertiary/aromatic N) is 3. The first-order valence-electron chi connectivity index (χ1n) is 11.0. The van der Waals surface area contributed by atoms with E-state index in [1.807, 2.05) is 96.4 Å². The van der Waals surface area contributed by atoms with Crippen molar-refractivity contribution in [2.75, 3.05) is 0 Å². The molecule has 5 rings (SSSR count). The van der Waals surface area contributed by atoms with Crippen molar-refractivity contribution in [3.8, 4) is 22.0 Å². The maximum atomic E-state index is 13.0. The Hall–Kier alpha value is -4.10. The summed E-state index contributed by atoms with van der Waals surface area (Å²) in [6, 6.07) is 29.1. The average molecular weight is 467 g/mol. The van der Waals surface area contributed by atoms with Crippen LogP contribution in [-0.4, -0.2) is 21.0 Å². The summed E-state index contributed by atoms with van der Waals surface area (Å²) in [4.78, 5) is 22.2. The molecular formula is C27H22N4O2S. The van der Waals surface area contributed by atoms with Crippen LogP contribution in [0.25, 0.3) is 22.0 Å². The topological polar surface area (TPSA) is 80.9 Å². The van der Waals surface area contributed by atoms with E-state index >= 15 is 0 Å². The van der Waals surface area contributed by atoms with Gasteiger partial charge >= 0.3 is 0 Å². The number of benzene rings is 3. The molecule has 0 fully saturated rings. The summed E-state index contributed by atoms with van der Waals surface area (Å²) in [7, 11) is 0. The summed E-state index contributed by atoms with van der Waals surface area (Å²) >= 11 is 1.53. The number of amides is 1. The van der Waals surface area contributed by atoms with Gasteiger partial charge < -0.3 is 9.84 Å². The van der Waals surface area contributed by atoms with Crippen molar-refractivity contribution in [1.82, 2.24) is 20.4 Å². The summed E-state index contributed by atoms with van der Waals surface area (Å²) in [5.74, 6) is 0.722. The molecule has 34 heavy (non-hydrogen) atoms. The van der Waals surface area contributed by atoms with E-state index < -0.39 is 6.04 Å². The Morgan fingerprint density at radius 1 is 0.853 bits per heavy atom. The van der Waals surface area contributed by atoms with E-state index in [-0.39, 0.29) is 12.3 Å². The van der Waals surface area contributed by atoms with Gasteiger partial charge in [0, 0.05) is 22.9 Å². The SMILES string of the molecule is O=C(Cc1csc(-c2ccccc2)n1)NC(Cc1ccccc1)c1nc(-c2ccccc2)no1. The van der Waals surface area contributed by atoms with E-state index in [0.717, 1.165) is 27.4 Å². The Kier molecular flexibility index (Phi) is 6.54. The summed E-state index contributed by atoms with van der Waals surface area (Å²) < 4.78 is 5.58. The molecule has 0 saturated heterocycles. The van der Waals surface area contributed by atoms with Gasteiger partial charge in [0.2, 0.25) is 17.6 Å². The molecule has 0 radical (unpaired) electrons. The van der Waals surface area contributed by atoms with Crippen LogP contribution in [0, 0.1) is 0 Å². The van der Waals surface area contributed by atoms with Gasteiger partial charge in [0.1, 0.15) is 11.0 Å². The lowest BCUT2D eigenvalue weighted by Crippen LogP contribution is -2.31. The van der Waals surface area contributed by atoms with Crippen molar-refractivity contribution in [3.63, 3.8) is 0 Å². The van der Waals surface area contributed by atoms with Crippen molar-refractivity contribution in [2.45, 2.75) is 18.9 Å². The number of aromatic nitrogens is 3. The Bertz CT molecular complexity index is 1350. The third kappa shape index (κ3) is 5.27. The van der Waals surface area contributed by atoms with Gasteiger partial charge in [-0.3, -0.25) is 4.79 Å². The summed E-state index contributed by atoms with van der Waals surface area (Å²) in [6.45, 7) is 0. The minimum atomic E-state index is -0.452. The zero-order chi connectivity index (χ0) is 23.2. The Morgan fingerprint density at radius 3 is 2.21 bits per heavy atom. The molecule has 3 aromatic carbocycles. The van der Waals surface area contributed by atoms with E-state index in [2.05, 4.69) is 20.4 Å². The second kappa shape index (κ2) is 10.2. The fraction of sp³-hybridized carbons (Fsp3) is 0.111. The molecule has 2 aromatic heterocycles. The number of carbonyl (C=O) groups excluding carboxylic acids is 1. The van der Waals surface area contributed by atoms with Crippen molar-refractivity contribution < 1.29 is 9.32 Å². The lowest BCUT2D eigenvalue weighted by Gasteiger charge is -2.15. The van der Waals surface area contributed by atoms with Gasteiger partial charge in [-0.2, -0.15) is 4.98 Å². The molecule has 0 bridgehead atoms. The van der Waals surface area contributed by atoms with E-state index in [0.29, 0.717) is 18.1 Å². The molecule has 5 aromatic rings. The second-order valence-corrected chi connectivity index (χ2v) is 8.68. The highest BCUT2D eigenvalue weighted by Crippen LogP contribution is 2.24. The number of carbonyl (C=O) groups is 1. The normalized spacial score (nSPS) is 11.8. The van der Waals surface area contributed by atoms with E-state index in [1.54, 1.807) is 0 Å². The van der Waals surface area contributed by atoms with Gasteiger partial charge in [-0.05, 0) is 5.56 Å². The van der Waals surface area contributed by atoms with Crippen molar-refractivity contribution >= 4 is 17.2 Å². The summed E-state index contributed by atoms with van der Waals surface area (Å²) in [5.41, 5.74) is 3.70. The van der Waals surface area contributed by atoms with Crippen LogP contribution >= 0.6 is 11.3 Å². The average Bonchev–Trinajstić information content (AvgIpc) is 3.56. The minimum absolute atomic E-state index is 0.148. The number of nitrogens with one attached hydrogen (secondary N) is 1. The highest BCUT2D eigenvalue weighted by molar-refractivity contribution is 7.13. The van der Waals surface area contributed by atoms with E-state index in [9.17, 15) is 4.79 Å². The van der Waals surface area contributed by atoms with Crippen LogP contribution in [-0.2, 0) is 17.6 Å². The molecule has 6 nitrogen and oxygen atoms in total. The van der Waals surface area contributed by atoms with Gasteiger partial charge in [-0.25, -0.2) is 4.98 Å². The number of rotatable bonds is 8. The van der Waals surface area contributed by atoms with Crippen LogP contribution in [0.5, 0.6) is 0 Å². The molecule has 0 spiro atoms. The predicted molar refractivity (Wildman–Crippen MR) is 132 cm³/mol. The molecule has 1 atom stereocenters. The van der Waals surface area contributed by atoms with Crippen molar-refractivity contribution in [2.24, 2.45) is 0 Å². The van der Waals surface area contributed by atoms with Crippen LogP contribution in [0.15, 0.2) is 101 Å². The maximum absolute atomic E-state index is 13.0. The van der Waals surface area contributed by atoms with Crippen LogP contribution in [0.1, 0.15) is 23.2 Å². The van der Waals surface area contributed by atoms with Gasteiger partial charge in [0.25, 0.3) is 0 Å². The van der Waals surface area contributed by atoms with Gasteiger partial charge in [0.15, 0.2) is 0 Å². The van der Waals surface area contributed by atoms with Crippen LogP contribution in [0.3, 0.4) is 0 Å². The monoisotopic (exact) mass is 466 g/mol. The van der Waals surface area contributed by atoms with E-state index in [1.165, 1.54) is 11.3 Å². The maximum Gasteiger partial charge on any atom is 0.249 e. The first-order valence-corrected chi connectivity index (χ1v) is 11.8. The van der Waals surface area contributed by atoms with Crippen LogP contribution < -0.4 is 5.32 Å². The van der Waals surface area contributed by atoms with Crippen LogP contribution in [0.2, 0.25) is 0 Å². The summed E-state index contributed by atoms with van der Waals surface area (Å²) in [5, 5.41) is 10.0. The minimum Gasteiger partial charge on any atom is -0.344 e. The molecule has 0 saturated carbocycles. The quantitative estimate of drug-likeness (QED) is 0.326. The zero-order valence-corrected chi connectivity index (χ0v) is 19.1. The molecule has 168 valence electrons. The Morgan fingerprint density at radius 2 is 1.50 bits per heavy atom. The molecule has 7 heteroatoms. The zero-order valence-electron chi connectivity index (χ0n) is 18.3. The predicted octanol–water partition coefficient (Wildman–Crippen LogP) is 5.50. The van der Waals surface area contributed by atoms with Crippen LogP contribution in [0.4, 0.5) is 0 Å². The second-order valence-electron chi connectivity index (χ2n) is 7.82. The summed E-state index contributed by atoms with van der Waals surface area (Å²) in [6.07, 6.45) is 0.712. The van der Waals surface area contributed by atoms with E-state index in [4.69, 9.17) is 4.52 Å². The molecule has 1 unspecified atom stereocenters. The molecule has 1 amide bonds. The van der Waals surface area contributed by atoms with Crippen molar-refractivity contribution in [1.29, 1.82) is 0 Å².